The van der Waals surface area contributed by atoms with Crippen molar-refractivity contribution in [3.63, 3.8) is 0 Å². The molecule has 0 bridgehead atoms. The van der Waals surface area contributed by atoms with Crippen molar-refractivity contribution in [3.8, 4) is 5.75 Å². The van der Waals surface area contributed by atoms with Gasteiger partial charge in [-0.15, -0.1) is 0 Å². The van der Waals surface area contributed by atoms with Crippen molar-refractivity contribution in [2.24, 2.45) is 0 Å². The number of carboxylic acid groups (broad SMARTS) is 1. The molecule has 0 saturated heterocycles. The lowest BCUT2D eigenvalue weighted by Crippen LogP contribution is -2.12. The lowest BCUT2D eigenvalue weighted by Gasteiger charge is -2.13. The number of carbonyl (C=O) groups is 1. The van der Waals surface area contributed by atoms with Gasteiger partial charge in [-0.05, 0) is 54.7 Å². The van der Waals surface area contributed by atoms with E-state index in [1.54, 1.807) is 0 Å². The summed E-state index contributed by atoms with van der Waals surface area (Å²) in [6.45, 7) is -7.72. The Labute approximate surface area is 170 Å². The number of rotatable bonds is 5. The third-order valence-corrected chi connectivity index (χ3v) is 3.27. The van der Waals surface area contributed by atoms with Crippen molar-refractivity contribution >= 4 is 11.5 Å². The molecule has 130 valence electrons. The molecule has 4 heteroatoms. The van der Waals surface area contributed by atoms with Gasteiger partial charge >= 0.3 is 5.97 Å². The maximum Gasteiger partial charge on any atom is 0.307 e. The average molecular weight is 354 g/mol. The monoisotopic (exact) mass is 353 g/mol. The van der Waals surface area contributed by atoms with E-state index in [4.69, 9.17) is 26.7 Å². The summed E-state index contributed by atoms with van der Waals surface area (Å²) >= 11 is 0. The van der Waals surface area contributed by atoms with Gasteiger partial charge in [-0.1, -0.05) is 36.3 Å². The minimum atomic E-state index is -3.39. The number of benzene rings is 2. The van der Waals surface area contributed by atoms with Crippen LogP contribution >= 0.6 is 0 Å². The van der Waals surface area contributed by atoms with Gasteiger partial charge in [0.1, 0.15) is 12.4 Å². The summed E-state index contributed by atoms with van der Waals surface area (Å²) in [5.74, 6) is -2.71. The summed E-state index contributed by atoms with van der Waals surface area (Å²) in [5.41, 5.74) is -2.92. The molecule has 0 amide bonds. The van der Waals surface area contributed by atoms with Crippen LogP contribution in [-0.2, 0) is 17.8 Å². The normalized spacial score (nSPS) is 25.8. The van der Waals surface area contributed by atoms with Gasteiger partial charge < -0.3 is 14.7 Å². The van der Waals surface area contributed by atoms with E-state index in [9.17, 15) is 9.90 Å². The first-order valence-electron chi connectivity index (χ1n) is 15.1. The van der Waals surface area contributed by atoms with Crippen molar-refractivity contribution in [1.82, 2.24) is 4.90 Å². The number of hydrogen-bond donors (Lipinski definition) is 1. The highest BCUT2D eigenvalue weighted by Gasteiger charge is 2.19. The molecule has 0 aliphatic carbocycles. The van der Waals surface area contributed by atoms with Crippen molar-refractivity contribution in [3.05, 3.63) is 70.6 Å². The summed E-state index contributed by atoms with van der Waals surface area (Å²) in [5, 5.41) is 9.48. The van der Waals surface area contributed by atoms with Crippen LogP contribution in [0.3, 0.4) is 0 Å². The average Bonchev–Trinajstić information content (AvgIpc) is 3.01. The van der Waals surface area contributed by atoms with Gasteiger partial charge in [0, 0.05) is 23.1 Å². The van der Waals surface area contributed by atoms with Crippen LogP contribution in [-0.4, -0.2) is 36.5 Å². The molecule has 1 aliphatic rings. The number of nitrogens with zero attached hydrogens (tertiary/aromatic N) is 1. The van der Waals surface area contributed by atoms with E-state index in [1.807, 2.05) is 0 Å². The fourth-order valence-corrected chi connectivity index (χ4v) is 2.25. The van der Waals surface area contributed by atoms with Gasteiger partial charge in [0.15, 0.2) is 0 Å². The second-order valence-electron chi connectivity index (χ2n) is 4.98. The van der Waals surface area contributed by atoms with Crippen molar-refractivity contribution in [2.75, 3.05) is 20.5 Å². The predicted octanol–water partition coefficient (Wildman–Crippen LogP) is 3.59. The molecule has 0 fully saturated rings. The van der Waals surface area contributed by atoms with E-state index in [0.29, 0.717) is 0 Å². The molecular formula is C21H23NO3. The number of fused-ring (bicyclic) bond motifs is 2. The number of hydrogen-bond acceptors (Lipinski definition) is 3. The molecule has 1 aliphatic heterocycles. The fourth-order valence-electron chi connectivity index (χ4n) is 2.25. The van der Waals surface area contributed by atoms with Crippen molar-refractivity contribution < 1.29 is 36.6 Å². The standard InChI is InChI=1S/C21H23NO3/c1-22(2)11-5-8-18-17-7-4-3-6-16(17)14-25-20-10-9-15(12-19(18)20)13-21(23)24/h3-4,6-10,12H,5,11,13-14H2,1-2H3,(H,23,24)/b18-8-/i1D3,2D3,3D,4D,6D,7D,8D,9D,10D,12D,13D2. The second kappa shape index (κ2) is 7.53. The van der Waals surface area contributed by atoms with Gasteiger partial charge in [0.2, 0.25) is 0 Å². The number of ether oxygens (including phenoxy) is 1. The highest BCUT2D eigenvalue weighted by Crippen LogP contribution is 2.37. The van der Waals surface area contributed by atoms with Crippen LogP contribution in [0.1, 0.15) is 50.6 Å². The molecule has 0 aromatic heterocycles. The lowest BCUT2D eigenvalue weighted by atomic mass is 9.92. The van der Waals surface area contributed by atoms with Gasteiger partial charge in [-0.25, -0.2) is 0 Å². The third kappa shape index (κ3) is 4.09. The molecule has 4 nitrogen and oxygen atoms in total. The van der Waals surface area contributed by atoms with E-state index in [0.717, 1.165) is 0 Å². The molecule has 2 aromatic carbocycles. The van der Waals surface area contributed by atoms with E-state index in [-0.39, 0.29) is 10.5 Å². The molecule has 0 atom stereocenters. The zero-order valence-electron chi connectivity index (χ0n) is 28.8. The molecule has 1 heterocycles. The smallest absolute Gasteiger partial charge is 0.307 e. The third-order valence-electron chi connectivity index (χ3n) is 3.27. The first-order valence-corrected chi connectivity index (χ1v) is 7.14. The Kier molecular flexibility index (Phi) is 1.90. The predicted molar refractivity (Wildman–Crippen MR) is 98.8 cm³/mol. The van der Waals surface area contributed by atoms with E-state index in [1.165, 1.54) is 0 Å². The Morgan fingerprint density at radius 1 is 1.40 bits per heavy atom. The minimum absolute atomic E-state index is 0.142. The number of carboxylic acids is 1. The molecule has 0 unspecified atom stereocenters. The molecular weight excluding hydrogens is 314 g/mol. The maximum atomic E-state index is 11.7. The summed E-state index contributed by atoms with van der Waals surface area (Å²) in [6.07, 6.45) is -4.08. The molecule has 2 aromatic rings. The lowest BCUT2D eigenvalue weighted by molar-refractivity contribution is -0.136. The Hall–Kier alpha value is -2.59. The zero-order valence-corrected chi connectivity index (χ0v) is 12.8. The molecule has 1 N–H and O–H groups in total. The van der Waals surface area contributed by atoms with Gasteiger partial charge in [-0.2, -0.15) is 0 Å². The first kappa shape index (κ1) is 6.29. The van der Waals surface area contributed by atoms with Crippen LogP contribution < -0.4 is 4.74 Å². The summed E-state index contributed by atoms with van der Waals surface area (Å²) in [4.78, 5) is 11.9. The first-order chi connectivity index (χ1) is 18.6. The molecule has 0 spiro atoms. The van der Waals surface area contributed by atoms with Crippen LogP contribution in [0.15, 0.2) is 48.3 Å². The Balaban J connectivity index is 2.51. The maximum absolute atomic E-state index is 11.7. The van der Waals surface area contributed by atoms with E-state index in [2.05, 4.69) is 0 Å². The molecule has 25 heavy (non-hydrogen) atoms. The van der Waals surface area contributed by atoms with Gasteiger partial charge in [0.05, 0.1) is 17.3 Å². The van der Waals surface area contributed by atoms with Crippen LogP contribution in [0.5, 0.6) is 5.75 Å². The van der Waals surface area contributed by atoms with Crippen LogP contribution in [0.4, 0.5) is 0 Å². The molecule has 0 radical (unpaired) electrons. The van der Waals surface area contributed by atoms with Crippen molar-refractivity contribution in [1.29, 1.82) is 0 Å². The quantitative estimate of drug-likeness (QED) is 0.892. The number of aliphatic carboxylic acids is 1. The minimum Gasteiger partial charge on any atom is -0.488 e. The highest BCUT2D eigenvalue weighted by molar-refractivity contribution is 5.85. The SMILES string of the molecule is [2H]/C(CCN(C([2H])([2H])[2H])C([2H])([2H])[2H])=C1\c2c([2H])c([2H])c([2H])c([2H])c2COc2c([2H])c([2H])c(C([2H])([2H])C(=O)O)c([2H])c21. The molecule has 3 rings (SSSR count). The van der Waals surface area contributed by atoms with Gasteiger partial charge in [0.25, 0.3) is 0 Å². The summed E-state index contributed by atoms with van der Waals surface area (Å²) in [6, 6.07) is -6.41. The fraction of sp³-hybridized carbons (Fsp3) is 0.286. The molecule has 0 saturated carbocycles. The zero-order chi connectivity index (χ0) is 31.6. The van der Waals surface area contributed by atoms with E-state index < -0.39 is 122 Å². The Morgan fingerprint density at radius 2 is 2.24 bits per heavy atom. The van der Waals surface area contributed by atoms with Gasteiger partial charge in [-0.3, -0.25) is 4.79 Å². The second-order valence-corrected chi connectivity index (χ2v) is 4.98. The topological polar surface area (TPSA) is 49.8 Å². The van der Waals surface area contributed by atoms with Crippen LogP contribution in [0.2, 0.25) is 0 Å². The largest absolute Gasteiger partial charge is 0.488 e. The van der Waals surface area contributed by atoms with E-state index >= 15 is 0 Å². The summed E-state index contributed by atoms with van der Waals surface area (Å²) < 4.78 is 134. The van der Waals surface area contributed by atoms with Crippen molar-refractivity contribution in [2.45, 2.75) is 19.4 Å². The summed E-state index contributed by atoms with van der Waals surface area (Å²) in [7, 11) is 0. The van der Waals surface area contributed by atoms with Crippen LogP contribution in [0, 0.1) is 0 Å². The van der Waals surface area contributed by atoms with Crippen LogP contribution in [0.25, 0.3) is 5.57 Å². The Bertz CT molecular complexity index is 1450. The highest BCUT2D eigenvalue weighted by atomic mass is 16.5. The Morgan fingerprint density at radius 3 is 3.04 bits per heavy atom.